The Bertz CT molecular complexity index is 1410. The van der Waals surface area contributed by atoms with Crippen LogP contribution >= 0.6 is 0 Å². The molecule has 1 aromatic heterocycles. The first-order chi connectivity index (χ1) is 18.4. The van der Waals surface area contributed by atoms with Crippen LogP contribution in [0.1, 0.15) is 58.7 Å². The fraction of sp³-hybridized carbons (Fsp3) is 0.531. The number of para-hydroxylation sites is 1. The summed E-state index contributed by atoms with van der Waals surface area (Å²) in [6.07, 6.45) is 7.52. The van der Waals surface area contributed by atoms with Crippen molar-refractivity contribution in [2.45, 2.75) is 65.6 Å². The largest absolute Gasteiger partial charge is 0.458 e. The average Bonchev–Trinajstić information content (AvgIpc) is 3.38. The number of nitrogens with zero attached hydrogens (tertiary/aromatic N) is 2. The predicted octanol–water partition coefficient (Wildman–Crippen LogP) is 4.30. The van der Waals surface area contributed by atoms with Crippen LogP contribution in [0.5, 0.6) is 0 Å². The van der Waals surface area contributed by atoms with Crippen LogP contribution in [0.15, 0.2) is 53.8 Å². The number of allylic oxidation sites excluding steroid dienone is 3. The van der Waals surface area contributed by atoms with Crippen LogP contribution in [0.4, 0.5) is 0 Å². The molecule has 0 bridgehead atoms. The minimum atomic E-state index is -1.67. The van der Waals surface area contributed by atoms with Gasteiger partial charge >= 0.3 is 5.97 Å². The first-order valence-electron chi connectivity index (χ1n) is 14.0. The molecular formula is C32H38N2O5. The van der Waals surface area contributed by atoms with E-state index in [2.05, 4.69) is 38.1 Å². The number of ether oxygens (including phenoxy) is 1. The summed E-state index contributed by atoms with van der Waals surface area (Å²) in [4.78, 5) is 24.8. The zero-order valence-corrected chi connectivity index (χ0v) is 23.3. The topological polar surface area (TPSA) is 102 Å². The quantitative estimate of drug-likeness (QED) is 0.572. The molecule has 2 saturated carbocycles. The van der Waals surface area contributed by atoms with Crippen molar-refractivity contribution in [3.63, 3.8) is 0 Å². The van der Waals surface area contributed by atoms with Crippen LogP contribution in [0.3, 0.4) is 0 Å². The van der Waals surface area contributed by atoms with E-state index >= 15 is 0 Å². The van der Waals surface area contributed by atoms with Gasteiger partial charge in [-0.05, 0) is 73.3 Å². The van der Waals surface area contributed by atoms with Gasteiger partial charge in [0.1, 0.15) is 5.60 Å². The van der Waals surface area contributed by atoms with Crippen molar-refractivity contribution in [1.29, 1.82) is 0 Å². The Kier molecular flexibility index (Phi) is 5.87. The Balaban J connectivity index is 1.41. The molecule has 4 aliphatic carbocycles. The standard InChI is InChI=1S/C32H38N2O5/c1-18-11-23-25-12-19(2)32(38,28(37)17-39-20(3)35)31(25,5)15-27(36)29(23)30(4)14-21-16-33-34(26(21)13-24(18)30)22-9-7-6-8-10-22/h6-11,13,16,19,23,25,27,29,36,38H,12,14-15,17H2,1-5H3/t19?,23?,25?,27?,29?,30-,31-,32-/m0/s1. The van der Waals surface area contributed by atoms with Gasteiger partial charge in [-0.25, -0.2) is 4.68 Å². The zero-order chi connectivity index (χ0) is 27.9. The van der Waals surface area contributed by atoms with Crippen LogP contribution < -0.4 is 0 Å². The van der Waals surface area contributed by atoms with Gasteiger partial charge in [0, 0.05) is 23.7 Å². The number of esters is 1. The summed E-state index contributed by atoms with van der Waals surface area (Å²) in [5.74, 6) is -1.38. The molecule has 7 nitrogen and oxygen atoms in total. The highest BCUT2D eigenvalue weighted by atomic mass is 16.5. The molecule has 6 rings (SSSR count). The molecule has 0 amide bonds. The van der Waals surface area contributed by atoms with Gasteiger partial charge in [0.05, 0.1) is 23.7 Å². The van der Waals surface area contributed by atoms with Gasteiger partial charge in [0.2, 0.25) is 5.78 Å². The van der Waals surface area contributed by atoms with Crippen molar-refractivity contribution >= 4 is 17.8 Å². The molecular weight excluding hydrogens is 492 g/mol. The Hall–Kier alpha value is -3.03. The van der Waals surface area contributed by atoms with Crippen molar-refractivity contribution in [1.82, 2.24) is 9.78 Å². The highest BCUT2D eigenvalue weighted by Crippen LogP contribution is 2.68. The van der Waals surface area contributed by atoms with Gasteiger partial charge < -0.3 is 14.9 Å². The number of ketones is 1. The summed E-state index contributed by atoms with van der Waals surface area (Å²) >= 11 is 0. The number of aliphatic hydroxyl groups is 2. The summed E-state index contributed by atoms with van der Waals surface area (Å²) in [7, 11) is 0. The second-order valence-electron chi connectivity index (χ2n) is 12.8. The van der Waals surface area contributed by atoms with E-state index in [1.54, 1.807) is 0 Å². The minimum Gasteiger partial charge on any atom is -0.458 e. The molecule has 0 saturated heterocycles. The normalized spacial score (nSPS) is 38.5. The number of aromatic nitrogens is 2. The van der Waals surface area contributed by atoms with Gasteiger partial charge in [-0.2, -0.15) is 5.10 Å². The van der Waals surface area contributed by atoms with Crippen LogP contribution in [-0.2, 0) is 20.7 Å². The molecule has 1 aromatic carbocycles. The van der Waals surface area contributed by atoms with Gasteiger partial charge in [0.15, 0.2) is 6.61 Å². The van der Waals surface area contributed by atoms with Crippen molar-refractivity contribution in [3.05, 3.63) is 65.0 Å². The molecule has 0 spiro atoms. The van der Waals surface area contributed by atoms with E-state index in [-0.39, 0.29) is 29.1 Å². The van der Waals surface area contributed by atoms with Gasteiger partial charge in [-0.15, -0.1) is 0 Å². The summed E-state index contributed by atoms with van der Waals surface area (Å²) in [5.41, 5.74) is 2.83. The molecule has 8 atom stereocenters. The molecule has 0 radical (unpaired) electrons. The first-order valence-corrected chi connectivity index (χ1v) is 14.0. The lowest BCUT2D eigenvalue weighted by atomic mass is 9.46. The van der Waals surface area contributed by atoms with E-state index < -0.39 is 35.5 Å². The fourth-order valence-electron chi connectivity index (χ4n) is 9.04. The molecule has 2 N–H and O–H groups in total. The second kappa shape index (κ2) is 8.73. The van der Waals surface area contributed by atoms with E-state index in [1.165, 1.54) is 18.1 Å². The Morgan fingerprint density at radius 1 is 1.21 bits per heavy atom. The summed E-state index contributed by atoms with van der Waals surface area (Å²) in [6.45, 7) is 9.08. The van der Waals surface area contributed by atoms with E-state index in [0.29, 0.717) is 12.8 Å². The number of hydrogen-bond acceptors (Lipinski definition) is 6. The number of Topliss-reactive ketones (excluding diaryl/α,β-unsaturated/α-hetero) is 1. The number of fused-ring (bicyclic) bond motifs is 6. The maximum Gasteiger partial charge on any atom is 0.303 e. The van der Waals surface area contributed by atoms with Gasteiger partial charge in [-0.1, -0.05) is 50.6 Å². The predicted molar refractivity (Wildman–Crippen MR) is 147 cm³/mol. The third-order valence-electron chi connectivity index (χ3n) is 10.7. The number of benzene rings is 1. The molecule has 2 aromatic rings. The summed E-state index contributed by atoms with van der Waals surface area (Å²) < 4.78 is 7.01. The van der Waals surface area contributed by atoms with E-state index in [9.17, 15) is 19.8 Å². The smallest absolute Gasteiger partial charge is 0.303 e. The van der Waals surface area contributed by atoms with Gasteiger partial charge in [-0.3, -0.25) is 9.59 Å². The number of hydrogen-bond donors (Lipinski definition) is 2. The molecule has 1 heterocycles. The summed E-state index contributed by atoms with van der Waals surface area (Å²) in [5, 5.41) is 28.6. The van der Waals surface area contributed by atoms with Crippen molar-refractivity contribution in [3.8, 4) is 5.69 Å². The molecule has 7 heteroatoms. The van der Waals surface area contributed by atoms with E-state index in [0.717, 1.165) is 23.4 Å². The van der Waals surface area contributed by atoms with Crippen molar-refractivity contribution < 1.29 is 24.5 Å². The SMILES string of the molecule is CC(=O)OCC(=O)[C@@]1(O)C(C)CC2C3C=C(C)C4=Cc5c(cnn5-c5ccccc5)C[C@]4(C)C3C(O)C[C@@]21C. The zero-order valence-electron chi connectivity index (χ0n) is 23.3. The Morgan fingerprint density at radius 3 is 2.62 bits per heavy atom. The molecule has 39 heavy (non-hydrogen) atoms. The van der Waals surface area contributed by atoms with Crippen molar-refractivity contribution in [2.75, 3.05) is 6.61 Å². The lowest BCUT2D eigenvalue weighted by Crippen LogP contribution is -2.62. The highest BCUT2D eigenvalue weighted by molar-refractivity contribution is 5.91. The molecule has 206 valence electrons. The number of aliphatic hydroxyl groups excluding tert-OH is 1. The number of rotatable bonds is 4. The number of carbonyl (C=O) groups is 2. The first kappa shape index (κ1) is 26.2. The third-order valence-corrected chi connectivity index (χ3v) is 10.7. The third kappa shape index (κ3) is 3.52. The molecule has 4 aliphatic rings. The summed E-state index contributed by atoms with van der Waals surface area (Å²) in [6, 6.07) is 10.1. The molecule has 2 fully saturated rings. The molecule has 0 aliphatic heterocycles. The van der Waals surface area contributed by atoms with Gasteiger partial charge in [0.25, 0.3) is 0 Å². The van der Waals surface area contributed by atoms with Crippen LogP contribution in [0, 0.1) is 34.5 Å². The lowest BCUT2D eigenvalue weighted by molar-refractivity contribution is -0.182. The monoisotopic (exact) mass is 530 g/mol. The lowest BCUT2D eigenvalue weighted by Gasteiger charge is -2.59. The van der Waals surface area contributed by atoms with Crippen LogP contribution in [0.2, 0.25) is 0 Å². The fourth-order valence-corrected chi connectivity index (χ4v) is 9.04. The minimum absolute atomic E-state index is 0.00428. The maximum absolute atomic E-state index is 13.4. The van der Waals surface area contributed by atoms with Crippen LogP contribution in [-0.4, -0.2) is 50.1 Å². The van der Waals surface area contributed by atoms with Crippen LogP contribution in [0.25, 0.3) is 11.8 Å². The maximum atomic E-state index is 13.4. The average molecular weight is 531 g/mol. The number of carbonyl (C=O) groups excluding carboxylic acids is 2. The van der Waals surface area contributed by atoms with Crippen molar-refractivity contribution in [2.24, 2.45) is 34.5 Å². The van der Waals surface area contributed by atoms with E-state index in [1.807, 2.05) is 42.9 Å². The highest BCUT2D eigenvalue weighted by Gasteiger charge is 2.70. The molecule has 5 unspecified atom stereocenters. The second-order valence-corrected chi connectivity index (χ2v) is 12.8. The van der Waals surface area contributed by atoms with E-state index in [4.69, 9.17) is 9.84 Å². The Labute approximate surface area is 229 Å². The Morgan fingerprint density at radius 2 is 1.92 bits per heavy atom.